The zero-order chi connectivity index (χ0) is 17.2. The summed E-state index contributed by atoms with van der Waals surface area (Å²) in [5, 5.41) is 7.36. The van der Waals surface area contributed by atoms with Crippen molar-refractivity contribution in [1.82, 2.24) is 10.2 Å². The average Bonchev–Trinajstić information content (AvgIpc) is 3.38. The van der Waals surface area contributed by atoms with Crippen LogP contribution in [-0.4, -0.2) is 30.2 Å². The number of hydrogen-bond donors (Lipinski definition) is 1. The molecule has 2 aliphatic rings. The molecule has 5 nitrogen and oxygen atoms in total. The maximum Gasteiger partial charge on any atom is 0.237 e. The lowest BCUT2D eigenvalue weighted by molar-refractivity contribution is -0.126. The molecule has 6 heteroatoms. The molecule has 4 rings (SSSR count). The predicted molar refractivity (Wildman–Crippen MR) is 96.9 cm³/mol. The van der Waals surface area contributed by atoms with Crippen molar-refractivity contribution < 1.29 is 14.3 Å². The SMILES string of the molecule is C[C@H](C(=O)NCc1ccc2c(c1)OCO2)N1CCC[C@@H]1c1ccsc1. The molecule has 0 saturated carbocycles. The third-order valence-electron chi connectivity index (χ3n) is 5.00. The lowest BCUT2D eigenvalue weighted by Crippen LogP contribution is -2.44. The van der Waals surface area contributed by atoms with Crippen LogP contribution in [0, 0.1) is 0 Å². The number of thiophene rings is 1. The molecule has 1 saturated heterocycles. The van der Waals surface area contributed by atoms with E-state index in [-0.39, 0.29) is 18.7 Å². The number of benzene rings is 1. The van der Waals surface area contributed by atoms with Crippen LogP contribution in [0.3, 0.4) is 0 Å². The number of carbonyl (C=O) groups is 1. The summed E-state index contributed by atoms with van der Waals surface area (Å²) in [6, 6.07) is 8.17. The first-order valence-electron chi connectivity index (χ1n) is 8.66. The maximum atomic E-state index is 12.6. The van der Waals surface area contributed by atoms with Crippen LogP contribution >= 0.6 is 11.3 Å². The van der Waals surface area contributed by atoms with Crippen molar-refractivity contribution in [2.45, 2.75) is 38.4 Å². The summed E-state index contributed by atoms with van der Waals surface area (Å²) in [5.74, 6) is 1.58. The summed E-state index contributed by atoms with van der Waals surface area (Å²) < 4.78 is 10.7. The first-order valence-corrected chi connectivity index (χ1v) is 9.61. The van der Waals surface area contributed by atoms with Gasteiger partial charge in [-0.15, -0.1) is 0 Å². The first-order chi connectivity index (χ1) is 12.2. The fourth-order valence-electron chi connectivity index (χ4n) is 3.61. The summed E-state index contributed by atoms with van der Waals surface area (Å²) >= 11 is 1.72. The Labute approximate surface area is 151 Å². The second kappa shape index (κ2) is 7.06. The van der Waals surface area contributed by atoms with Gasteiger partial charge in [0.1, 0.15) is 0 Å². The number of nitrogens with zero attached hydrogens (tertiary/aromatic N) is 1. The van der Waals surface area contributed by atoms with Gasteiger partial charge in [0.15, 0.2) is 11.5 Å². The summed E-state index contributed by atoms with van der Waals surface area (Å²) in [7, 11) is 0. The van der Waals surface area contributed by atoms with Crippen LogP contribution in [0.2, 0.25) is 0 Å². The van der Waals surface area contributed by atoms with Gasteiger partial charge in [0.2, 0.25) is 12.7 Å². The highest BCUT2D eigenvalue weighted by molar-refractivity contribution is 7.07. The van der Waals surface area contributed by atoms with Gasteiger partial charge < -0.3 is 14.8 Å². The zero-order valence-electron chi connectivity index (χ0n) is 14.2. The third kappa shape index (κ3) is 3.37. The molecule has 0 unspecified atom stereocenters. The molecule has 0 spiro atoms. The van der Waals surface area contributed by atoms with Crippen molar-refractivity contribution in [3.8, 4) is 11.5 Å². The molecule has 1 N–H and O–H groups in total. The zero-order valence-corrected chi connectivity index (χ0v) is 15.1. The quantitative estimate of drug-likeness (QED) is 0.891. The van der Waals surface area contributed by atoms with Crippen LogP contribution in [0.15, 0.2) is 35.0 Å². The lowest BCUT2D eigenvalue weighted by Gasteiger charge is -2.29. The Kier molecular flexibility index (Phi) is 4.63. The highest BCUT2D eigenvalue weighted by Crippen LogP contribution is 2.35. The maximum absolute atomic E-state index is 12.6. The first kappa shape index (κ1) is 16.4. The van der Waals surface area contributed by atoms with Gasteiger partial charge in [-0.25, -0.2) is 0 Å². The van der Waals surface area contributed by atoms with Gasteiger partial charge >= 0.3 is 0 Å². The van der Waals surface area contributed by atoms with E-state index in [9.17, 15) is 4.79 Å². The topological polar surface area (TPSA) is 50.8 Å². The molecule has 0 aliphatic carbocycles. The summed E-state index contributed by atoms with van der Waals surface area (Å²) in [6.45, 7) is 3.73. The molecule has 2 aromatic rings. The smallest absolute Gasteiger partial charge is 0.237 e. The second-order valence-electron chi connectivity index (χ2n) is 6.53. The molecular weight excluding hydrogens is 336 g/mol. The summed E-state index contributed by atoms with van der Waals surface area (Å²) in [5.41, 5.74) is 2.35. The van der Waals surface area contributed by atoms with Gasteiger partial charge in [0.05, 0.1) is 6.04 Å². The fourth-order valence-corrected chi connectivity index (χ4v) is 4.32. The van der Waals surface area contributed by atoms with E-state index in [1.807, 2.05) is 25.1 Å². The monoisotopic (exact) mass is 358 g/mol. The Morgan fingerprint density at radius 1 is 1.36 bits per heavy atom. The molecule has 2 atom stereocenters. The van der Waals surface area contributed by atoms with E-state index in [1.165, 1.54) is 5.56 Å². The summed E-state index contributed by atoms with van der Waals surface area (Å²) in [6.07, 6.45) is 2.26. The second-order valence-corrected chi connectivity index (χ2v) is 7.31. The van der Waals surface area contributed by atoms with E-state index < -0.39 is 0 Å². The molecule has 2 aliphatic heterocycles. The van der Waals surface area contributed by atoms with Crippen molar-refractivity contribution in [1.29, 1.82) is 0 Å². The van der Waals surface area contributed by atoms with Crippen LogP contribution in [0.4, 0.5) is 0 Å². The highest BCUT2D eigenvalue weighted by Gasteiger charge is 2.33. The summed E-state index contributed by atoms with van der Waals surface area (Å²) in [4.78, 5) is 15.0. The van der Waals surface area contributed by atoms with Crippen LogP contribution in [0.1, 0.15) is 36.9 Å². The van der Waals surface area contributed by atoms with E-state index in [1.54, 1.807) is 11.3 Å². The minimum Gasteiger partial charge on any atom is -0.454 e. The van der Waals surface area contributed by atoms with Gasteiger partial charge in [-0.05, 0) is 66.4 Å². The number of hydrogen-bond acceptors (Lipinski definition) is 5. The number of amides is 1. The van der Waals surface area contributed by atoms with Crippen molar-refractivity contribution in [2.24, 2.45) is 0 Å². The van der Waals surface area contributed by atoms with E-state index in [0.717, 1.165) is 36.4 Å². The van der Waals surface area contributed by atoms with Gasteiger partial charge in [-0.3, -0.25) is 9.69 Å². The highest BCUT2D eigenvalue weighted by atomic mass is 32.1. The van der Waals surface area contributed by atoms with Gasteiger partial charge in [0.25, 0.3) is 0 Å². The van der Waals surface area contributed by atoms with Crippen LogP contribution in [-0.2, 0) is 11.3 Å². The molecule has 132 valence electrons. The molecule has 3 heterocycles. The van der Waals surface area contributed by atoms with Crippen molar-refractivity contribution >= 4 is 17.2 Å². The number of rotatable bonds is 5. The van der Waals surface area contributed by atoms with Gasteiger partial charge in [-0.1, -0.05) is 6.07 Å². The van der Waals surface area contributed by atoms with Crippen molar-refractivity contribution in [2.75, 3.05) is 13.3 Å². The van der Waals surface area contributed by atoms with Gasteiger partial charge in [0, 0.05) is 12.6 Å². The number of nitrogens with one attached hydrogen (secondary N) is 1. The standard InChI is InChI=1S/C19H22N2O3S/c1-13(21-7-2-3-16(21)15-6-8-25-11-15)19(22)20-10-14-4-5-17-18(9-14)24-12-23-17/h4-6,8-9,11,13,16H,2-3,7,10,12H2,1H3,(H,20,22)/t13-,16-/m1/s1. The molecule has 0 radical (unpaired) electrons. The van der Waals surface area contributed by atoms with Crippen LogP contribution in [0.5, 0.6) is 11.5 Å². The minimum absolute atomic E-state index is 0.0693. The molecule has 1 amide bonds. The largest absolute Gasteiger partial charge is 0.454 e. The molecular formula is C19H22N2O3S. The van der Waals surface area contributed by atoms with E-state index in [2.05, 4.69) is 27.0 Å². The number of carbonyl (C=O) groups excluding carboxylic acids is 1. The Bertz CT molecular complexity index is 747. The lowest BCUT2D eigenvalue weighted by atomic mass is 10.1. The molecule has 0 bridgehead atoms. The number of fused-ring (bicyclic) bond motifs is 1. The Morgan fingerprint density at radius 2 is 2.24 bits per heavy atom. The normalized spacial score (nSPS) is 20.6. The number of ether oxygens (including phenoxy) is 2. The Morgan fingerprint density at radius 3 is 3.08 bits per heavy atom. The predicted octanol–water partition coefficient (Wildman–Crippen LogP) is 3.32. The average molecular weight is 358 g/mol. The Balaban J connectivity index is 1.37. The van der Waals surface area contributed by atoms with E-state index in [0.29, 0.717) is 12.6 Å². The van der Waals surface area contributed by atoms with Crippen LogP contribution in [0.25, 0.3) is 0 Å². The Hall–Kier alpha value is -2.05. The molecule has 1 aromatic heterocycles. The molecule has 1 aromatic carbocycles. The number of likely N-dealkylation sites (tertiary alicyclic amines) is 1. The third-order valence-corrected chi connectivity index (χ3v) is 5.70. The fraction of sp³-hybridized carbons (Fsp3) is 0.421. The van der Waals surface area contributed by atoms with Crippen molar-refractivity contribution in [3.05, 3.63) is 46.2 Å². The van der Waals surface area contributed by atoms with Crippen molar-refractivity contribution in [3.63, 3.8) is 0 Å². The van der Waals surface area contributed by atoms with E-state index >= 15 is 0 Å². The molecule has 25 heavy (non-hydrogen) atoms. The van der Waals surface area contributed by atoms with Crippen LogP contribution < -0.4 is 14.8 Å². The minimum atomic E-state index is -0.138. The van der Waals surface area contributed by atoms with Gasteiger partial charge in [-0.2, -0.15) is 11.3 Å². The van der Waals surface area contributed by atoms with E-state index in [4.69, 9.17) is 9.47 Å². The molecule has 1 fully saturated rings.